The van der Waals surface area contributed by atoms with Gasteiger partial charge in [0.25, 0.3) is 0 Å². The smallest absolute Gasteiger partial charge is 0.0737 e. The fourth-order valence-corrected chi connectivity index (χ4v) is 1.62. The van der Waals surface area contributed by atoms with Crippen molar-refractivity contribution in [2.75, 3.05) is 0 Å². The van der Waals surface area contributed by atoms with E-state index in [1.165, 1.54) is 22.4 Å². The molecule has 0 saturated heterocycles. The van der Waals surface area contributed by atoms with Crippen LogP contribution in [0.2, 0.25) is 0 Å². The van der Waals surface area contributed by atoms with E-state index in [1.807, 2.05) is 6.92 Å². The Hall–Kier alpha value is -1.11. The van der Waals surface area contributed by atoms with Crippen molar-refractivity contribution in [2.45, 2.75) is 20.8 Å². The van der Waals surface area contributed by atoms with E-state index in [1.54, 1.807) is 0 Å². The summed E-state index contributed by atoms with van der Waals surface area (Å²) in [6, 6.07) is 0. The lowest BCUT2D eigenvalue weighted by molar-refractivity contribution is 1.33. The van der Waals surface area contributed by atoms with Crippen LogP contribution in [0.1, 0.15) is 20.8 Å². The normalized spacial score (nSPS) is 21.5. The lowest BCUT2D eigenvalue weighted by Crippen LogP contribution is -1.93. The minimum absolute atomic E-state index is 1.13. The maximum Gasteiger partial charge on any atom is 0.0737 e. The molecule has 0 aromatic rings. The molecule has 0 atom stereocenters. The molecule has 2 rings (SSSR count). The molecule has 0 aromatic heterocycles. The molecule has 1 aliphatic carbocycles. The molecule has 11 heavy (non-hydrogen) atoms. The second kappa shape index (κ2) is 1.94. The maximum atomic E-state index is 4.43. The van der Waals surface area contributed by atoms with Gasteiger partial charge in [0, 0.05) is 11.3 Å². The van der Waals surface area contributed by atoms with Crippen LogP contribution < -0.4 is 0 Å². The summed E-state index contributed by atoms with van der Waals surface area (Å²) in [5.41, 5.74) is 6.27. The van der Waals surface area contributed by atoms with Crippen LogP contribution in [0.4, 0.5) is 0 Å². The Morgan fingerprint density at radius 2 is 1.82 bits per heavy atom. The molecule has 1 heterocycles. The summed E-state index contributed by atoms with van der Waals surface area (Å²) >= 11 is 0. The SMILES string of the molecule is CC1=CC2=C(C)C=C(C)C2=N1. The van der Waals surface area contributed by atoms with Gasteiger partial charge in [-0.2, -0.15) is 0 Å². The van der Waals surface area contributed by atoms with Gasteiger partial charge in [-0.1, -0.05) is 6.08 Å². The van der Waals surface area contributed by atoms with E-state index in [0.717, 1.165) is 5.70 Å². The fraction of sp³-hybridized carbons (Fsp3) is 0.300. The van der Waals surface area contributed by atoms with Gasteiger partial charge in [-0.15, -0.1) is 0 Å². The highest BCUT2D eigenvalue weighted by Gasteiger charge is 2.20. The van der Waals surface area contributed by atoms with Crippen molar-refractivity contribution in [3.63, 3.8) is 0 Å². The summed E-state index contributed by atoms with van der Waals surface area (Å²) in [7, 11) is 0. The summed E-state index contributed by atoms with van der Waals surface area (Å²) < 4.78 is 0. The van der Waals surface area contributed by atoms with Crippen LogP contribution in [0.5, 0.6) is 0 Å². The molecule has 0 amide bonds. The van der Waals surface area contributed by atoms with Crippen LogP contribution in [-0.4, -0.2) is 5.71 Å². The Balaban J connectivity index is 2.58. The van der Waals surface area contributed by atoms with Crippen molar-refractivity contribution < 1.29 is 0 Å². The van der Waals surface area contributed by atoms with Crippen LogP contribution in [0.25, 0.3) is 0 Å². The second-order valence-corrected chi connectivity index (χ2v) is 3.17. The molecule has 0 unspecified atom stereocenters. The van der Waals surface area contributed by atoms with Crippen LogP contribution in [0.15, 0.2) is 39.6 Å². The van der Waals surface area contributed by atoms with E-state index >= 15 is 0 Å². The molecular weight excluding hydrogens is 134 g/mol. The number of rotatable bonds is 0. The predicted molar refractivity (Wildman–Crippen MR) is 47.6 cm³/mol. The average molecular weight is 145 g/mol. The molecule has 2 aliphatic rings. The van der Waals surface area contributed by atoms with E-state index < -0.39 is 0 Å². The van der Waals surface area contributed by atoms with Gasteiger partial charge in [0.05, 0.1) is 5.71 Å². The van der Waals surface area contributed by atoms with Gasteiger partial charge < -0.3 is 0 Å². The quantitative estimate of drug-likeness (QED) is 0.497. The first-order valence-corrected chi connectivity index (χ1v) is 3.85. The molecule has 0 N–H and O–H groups in total. The molecule has 1 heteroatoms. The van der Waals surface area contributed by atoms with E-state index in [0.29, 0.717) is 0 Å². The fourth-order valence-electron chi connectivity index (χ4n) is 1.62. The van der Waals surface area contributed by atoms with Crippen LogP contribution in [-0.2, 0) is 0 Å². The molecule has 1 aliphatic heterocycles. The Morgan fingerprint density at radius 3 is 2.45 bits per heavy atom. The molecule has 1 nitrogen and oxygen atoms in total. The van der Waals surface area contributed by atoms with Gasteiger partial charge >= 0.3 is 0 Å². The average Bonchev–Trinajstić information content (AvgIpc) is 2.38. The van der Waals surface area contributed by atoms with E-state index in [9.17, 15) is 0 Å². The van der Waals surface area contributed by atoms with Crippen LogP contribution in [0, 0.1) is 0 Å². The van der Waals surface area contributed by atoms with Crippen molar-refractivity contribution in [3.8, 4) is 0 Å². The number of allylic oxidation sites excluding steroid dienone is 6. The first kappa shape index (κ1) is 6.59. The number of nitrogens with zero attached hydrogens (tertiary/aromatic N) is 1. The molecule has 0 saturated carbocycles. The maximum absolute atomic E-state index is 4.43. The zero-order valence-electron chi connectivity index (χ0n) is 7.10. The molecule has 0 spiro atoms. The summed E-state index contributed by atoms with van der Waals surface area (Å²) in [6.45, 7) is 6.29. The minimum atomic E-state index is 1.13. The van der Waals surface area contributed by atoms with Gasteiger partial charge in [0.1, 0.15) is 0 Å². The third-order valence-corrected chi connectivity index (χ3v) is 2.13. The predicted octanol–water partition coefficient (Wildman–Crippen LogP) is 2.62. The highest BCUT2D eigenvalue weighted by atomic mass is 14.8. The molecule has 0 bridgehead atoms. The third-order valence-electron chi connectivity index (χ3n) is 2.13. The summed E-state index contributed by atoms with van der Waals surface area (Å²) in [5.74, 6) is 0. The first-order valence-electron chi connectivity index (χ1n) is 3.85. The first-order chi connectivity index (χ1) is 5.18. The Labute approximate surface area is 66.8 Å². The summed E-state index contributed by atoms with van der Waals surface area (Å²) in [5, 5.41) is 0. The highest BCUT2D eigenvalue weighted by molar-refractivity contribution is 6.19. The number of fused-ring (bicyclic) bond motifs is 1. The van der Waals surface area contributed by atoms with Crippen molar-refractivity contribution in [1.29, 1.82) is 0 Å². The molecule has 0 aromatic carbocycles. The zero-order valence-corrected chi connectivity index (χ0v) is 7.10. The van der Waals surface area contributed by atoms with E-state index in [2.05, 4.69) is 31.0 Å². The van der Waals surface area contributed by atoms with Gasteiger partial charge in [0.2, 0.25) is 0 Å². The lowest BCUT2D eigenvalue weighted by Gasteiger charge is -1.93. The zero-order chi connectivity index (χ0) is 8.01. The van der Waals surface area contributed by atoms with Crippen molar-refractivity contribution in [2.24, 2.45) is 4.99 Å². The minimum Gasteiger partial charge on any atom is -0.253 e. The third kappa shape index (κ3) is 0.805. The monoisotopic (exact) mass is 145 g/mol. The van der Waals surface area contributed by atoms with Gasteiger partial charge in [-0.25, -0.2) is 0 Å². The van der Waals surface area contributed by atoms with E-state index in [4.69, 9.17) is 0 Å². The number of aliphatic imine (C=N–C) groups is 1. The van der Waals surface area contributed by atoms with Crippen LogP contribution in [0.3, 0.4) is 0 Å². The Bertz CT molecular complexity index is 338. The molecular formula is C10H11N. The molecule has 0 fully saturated rings. The number of hydrogen-bond donors (Lipinski definition) is 0. The molecule has 0 radical (unpaired) electrons. The van der Waals surface area contributed by atoms with Crippen molar-refractivity contribution in [3.05, 3.63) is 34.6 Å². The van der Waals surface area contributed by atoms with Gasteiger partial charge in [0.15, 0.2) is 0 Å². The lowest BCUT2D eigenvalue weighted by atomic mass is 10.1. The van der Waals surface area contributed by atoms with Crippen LogP contribution >= 0.6 is 0 Å². The Morgan fingerprint density at radius 1 is 1.09 bits per heavy atom. The van der Waals surface area contributed by atoms with Gasteiger partial charge in [-0.3, -0.25) is 4.99 Å². The topological polar surface area (TPSA) is 12.4 Å². The second-order valence-electron chi connectivity index (χ2n) is 3.17. The summed E-state index contributed by atoms with van der Waals surface area (Å²) in [6.07, 6.45) is 4.34. The van der Waals surface area contributed by atoms with E-state index in [-0.39, 0.29) is 0 Å². The summed E-state index contributed by atoms with van der Waals surface area (Å²) in [4.78, 5) is 4.43. The standard InChI is InChI=1S/C10H11N/c1-6-4-7(2)10-9(6)5-8(3)11-10/h4-5H,1-3H3. The van der Waals surface area contributed by atoms with Crippen molar-refractivity contribution in [1.82, 2.24) is 0 Å². The van der Waals surface area contributed by atoms with Crippen molar-refractivity contribution >= 4 is 5.71 Å². The Kier molecular flexibility index (Phi) is 1.16. The largest absolute Gasteiger partial charge is 0.253 e. The van der Waals surface area contributed by atoms with Gasteiger partial charge in [-0.05, 0) is 38.0 Å². The molecule has 56 valence electrons. The highest BCUT2D eigenvalue weighted by Crippen LogP contribution is 2.29. The number of hydrogen-bond acceptors (Lipinski definition) is 1.